The maximum atomic E-state index is 11.1. The molecule has 0 bridgehead atoms. The first-order valence-corrected chi connectivity index (χ1v) is 4.12. The predicted octanol–water partition coefficient (Wildman–Crippen LogP) is 0.834. The molecule has 0 N–H and O–H groups in total. The van der Waals surface area contributed by atoms with E-state index in [4.69, 9.17) is 5.26 Å². The van der Waals surface area contributed by atoms with Gasteiger partial charge in [0.05, 0.1) is 24.8 Å². The zero-order valence-corrected chi connectivity index (χ0v) is 8.31. The van der Waals surface area contributed by atoms with Crippen molar-refractivity contribution in [3.05, 3.63) is 17.5 Å². The molecule has 5 nitrogen and oxygen atoms in total. The Morgan fingerprint density at radius 1 is 1.79 bits per heavy atom. The van der Waals surface area contributed by atoms with Crippen LogP contribution in [0.3, 0.4) is 0 Å². The van der Waals surface area contributed by atoms with Crippen LogP contribution in [-0.2, 0) is 11.8 Å². The molecule has 1 aromatic heterocycles. The summed E-state index contributed by atoms with van der Waals surface area (Å²) in [5.74, 6) is -0.775. The molecule has 0 fully saturated rings. The highest BCUT2D eigenvalue weighted by atomic mass is 16.5. The maximum Gasteiger partial charge on any atom is 0.358 e. The second-order valence-corrected chi connectivity index (χ2v) is 2.92. The third-order valence-electron chi connectivity index (χ3n) is 1.95. The summed E-state index contributed by atoms with van der Waals surface area (Å²) >= 11 is 0. The molecule has 0 amide bonds. The number of esters is 1. The highest BCUT2D eigenvalue weighted by Crippen LogP contribution is 2.14. The second-order valence-electron chi connectivity index (χ2n) is 2.92. The molecule has 1 heterocycles. The van der Waals surface area contributed by atoms with Crippen molar-refractivity contribution in [2.24, 2.45) is 7.05 Å². The average Bonchev–Trinajstić information content (AvgIpc) is 2.58. The normalized spacial score (nSPS) is 11.9. The van der Waals surface area contributed by atoms with Gasteiger partial charge in [0, 0.05) is 7.05 Å². The number of aromatic nitrogens is 2. The van der Waals surface area contributed by atoms with Crippen molar-refractivity contribution in [3.8, 4) is 6.07 Å². The number of carbonyl (C=O) groups is 1. The Bertz CT molecular complexity index is 389. The van der Waals surface area contributed by atoms with Gasteiger partial charge in [-0.3, -0.25) is 4.68 Å². The van der Waals surface area contributed by atoms with Crippen LogP contribution in [0.15, 0.2) is 6.07 Å². The van der Waals surface area contributed by atoms with Gasteiger partial charge in [-0.05, 0) is 13.0 Å². The van der Waals surface area contributed by atoms with Gasteiger partial charge in [0.1, 0.15) is 0 Å². The summed E-state index contributed by atoms with van der Waals surface area (Å²) in [6, 6.07) is 3.65. The molecule has 1 atom stereocenters. The first-order chi connectivity index (χ1) is 6.60. The average molecular weight is 193 g/mol. The molecule has 0 saturated heterocycles. The van der Waals surface area contributed by atoms with E-state index in [0.29, 0.717) is 5.69 Å². The second kappa shape index (κ2) is 3.92. The molecule has 0 spiro atoms. The summed E-state index contributed by atoms with van der Waals surface area (Å²) in [4.78, 5) is 11.1. The lowest BCUT2D eigenvalue weighted by molar-refractivity contribution is 0.0593. The lowest BCUT2D eigenvalue weighted by Gasteiger charge is -2.00. The van der Waals surface area contributed by atoms with Gasteiger partial charge in [-0.25, -0.2) is 4.79 Å². The lowest BCUT2D eigenvalue weighted by atomic mass is 10.1. The van der Waals surface area contributed by atoms with E-state index in [1.54, 1.807) is 20.0 Å². The molecule has 0 saturated carbocycles. The first kappa shape index (κ1) is 10.3. The van der Waals surface area contributed by atoms with Crippen LogP contribution < -0.4 is 0 Å². The fraction of sp³-hybridized carbons (Fsp3) is 0.444. The molecule has 0 aliphatic carbocycles. The van der Waals surface area contributed by atoms with E-state index in [9.17, 15) is 4.79 Å². The largest absolute Gasteiger partial charge is 0.464 e. The maximum absolute atomic E-state index is 11.1. The molecular formula is C9H11N3O2. The van der Waals surface area contributed by atoms with Crippen molar-refractivity contribution in [2.75, 3.05) is 7.11 Å². The van der Waals surface area contributed by atoms with Gasteiger partial charge in [-0.1, -0.05) is 0 Å². The minimum absolute atomic E-state index is 0.229. The van der Waals surface area contributed by atoms with E-state index in [0.717, 1.165) is 0 Å². The number of rotatable bonds is 2. The third kappa shape index (κ3) is 1.74. The fourth-order valence-electron chi connectivity index (χ4n) is 1.16. The number of carbonyl (C=O) groups excluding carboxylic acids is 1. The number of ether oxygens (including phenoxy) is 1. The third-order valence-corrected chi connectivity index (χ3v) is 1.95. The number of methoxy groups -OCH3 is 1. The van der Waals surface area contributed by atoms with Crippen molar-refractivity contribution in [1.82, 2.24) is 9.78 Å². The molecular weight excluding hydrogens is 182 g/mol. The van der Waals surface area contributed by atoms with E-state index in [-0.39, 0.29) is 11.6 Å². The molecule has 1 rings (SSSR count). The van der Waals surface area contributed by atoms with Crippen LogP contribution in [0.1, 0.15) is 29.0 Å². The Balaban J connectivity index is 3.06. The zero-order valence-electron chi connectivity index (χ0n) is 8.31. The minimum Gasteiger partial charge on any atom is -0.464 e. The molecule has 0 aliphatic heterocycles. The topological polar surface area (TPSA) is 67.9 Å². The molecule has 1 unspecified atom stereocenters. The summed E-state index contributed by atoms with van der Waals surface area (Å²) in [6.45, 7) is 1.75. The lowest BCUT2D eigenvalue weighted by Crippen LogP contribution is -2.03. The van der Waals surface area contributed by atoms with Crippen molar-refractivity contribution in [3.63, 3.8) is 0 Å². The van der Waals surface area contributed by atoms with E-state index < -0.39 is 5.97 Å². The highest BCUT2D eigenvalue weighted by molar-refractivity contribution is 5.87. The van der Waals surface area contributed by atoms with E-state index in [1.165, 1.54) is 11.8 Å². The van der Waals surface area contributed by atoms with Crippen LogP contribution in [0.5, 0.6) is 0 Å². The Labute approximate surface area is 81.9 Å². The summed E-state index contributed by atoms with van der Waals surface area (Å²) in [7, 11) is 2.99. The molecule has 0 aliphatic rings. The van der Waals surface area contributed by atoms with Gasteiger partial charge in [0.2, 0.25) is 0 Å². The fourth-order valence-corrected chi connectivity index (χ4v) is 1.16. The standard InChI is InChI=1S/C9H11N3O2/c1-6(5-10)8-4-7(9(13)14-3)11-12(8)2/h4,6H,1-3H3. The van der Waals surface area contributed by atoms with E-state index >= 15 is 0 Å². The van der Waals surface area contributed by atoms with Crippen molar-refractivity contribution < 1.29 is 9.53 Å². The summed E-state index contributed by atoms with van der Waals surface area (Å²) in [5.41, 5.74) is 0.931. The minimum atomic E-state index is -0.489. The molecule has 0 radical (unpaired) electrons. The summed E-state index contributed by atoms with van der Waals surface area (Å²) in [5, 5.41) is 12.7. The van der Waals surface area contributed by atoms with E-state index in [2.05, 4.69) is 15.9 Å². The Kier molecular flexibility index (Phi) is 2.87. The number of hydrogen-bond acceptors (Lipinski definition) is 4. The van der Waals surface area contributed by atoms with Gasteiger partial charge < -0.3 is 4.74 Å². The number of hydrogen-bond donors (Lipinski definition) is 0. The number of aryl methyl sites for hydroxylation is 1. The van der Waals surface area contributed by atoms with Crippen LogP contribution in [0, 0.1) is 11.3 Å². The molecule has 5 heteroatoms. The van der Waals surface area contributed by atoms with Crippen molar-refractivity contribution >= 4 is 5.97 Å². The summed E-state index contributed by atoms with van der Waals surface area (Å²) < 4.78 is 6.03. The van der Waals surface area contributed by atoms with Gasteiger partial charge >= 0.3 is 5.97 Å². The molecule has 74 valence electrons. The van der Waals surface area contributed by atoms with Crippen LogP contribution >= 0.6 is 0 Å². The van der Waals surface area contributed by atoms with Crippen LogP contribution in [0.2, 0.25) is 0 Å². The molecule has 14 heavy (non-hydrogen) atoms. The monoisotopic (exact) mass is 193 g/mol. The predicted molar refractivity (Wildman–Crippen MR) is 48.6 cm³/mol. The number of nitrogens with zero attached hydrogens (tertiary/aromatic N) is 3. The molecule has 0 aromatic carbocycles. The smallest absolute Gasteiger partial charge is 0.358 e. The Morgan fingerprint density at radius 3 is 2.93 bits per heavy atom. The van der Waals surface area contributed by atoms with Crippen molar-refractivity contribution in [2.45, 2.75) is 12.8 Å². The Morgan fingerprint density at radius 2 is 2.43 bits per heavy atom. The van der Waals surface area contributed by atoms with Crippen LogP contribution in [-0.4, -0.2) is 22.9 Å². The Hall–Kier alpha value is -1.83. The van der Waals surface area contributed by atoms with Gasteiger partial charge in [0.15, 0.2) is 5.69 Å². The SMILES string of the molecule is COC(=O)c1cc(C(C)C#N)n(C)n1. The van der Waals surface area contributed by atoms with Gasteiger partial charge in [0.25, 0.3) is 0 Å². The van der Waals surface area contributed by atoms with Crippen molar-refractivity contribution in [1.29, 1.82) is 5.26 Å². The molecule has 1 aromatic rings. The van der Waals surface area contributed by atoms with Crippen LogP contribution in [0.4, 0.5) is 0 Å². The first-order valence-electron chi connectivity index (χ1n) is 4.12. The quantitative estimate of drug-likeness (QED) is 0.652. The van der Waals surface area contributed by atoms with Gasteiger partial charge in [-0.2, -0.15) is 10.4 Å². The number of nitriles is 1. The summed E-state index contributed by atoms with van der Waals surface area (Å²) in [6.07, 6.45) is 0. The van der Waals surface area contributed by atoms with Crippen LogP contribution in [0.25, 0.3) is 0 Å². The van der Waals surface area contributed by atoms with Gasteiger partial charge in [-0.15, -0.1) is 0 Å². The van der Waals surface area contributed by atoms with E-state index in [1.807, 2.05) is 0 Å². The zero-order chi connectivity index (χ0) is 10.7. The highest BCUT2D eigenvalue weighted by Gasteiger charge is 2.16.